The summed E-state index contributed by atoms with van der Waals surface area (Å²) < 4.78 is 0. The Morgan fingerprint density at radius 3 is 1.59 bits per heavy atom. The Kier molecular flexibility index (Phi) is 5.55. The molecule has 0 fully saturated rings. The first-order valence-electron chi connectivity index (χ1n) is 8.22. The average Bonchev–Trinajstić information content (AvgIpc) is 2.63. The van der Waals surface area contributed by atoms with Crippen LogP contribution in [0.4, 0.5) is 0 Å². The van der Waals surface area contributed by atoms with Crippen molar-refractivity contribution in [3.8, 4) is 0 Å². The largest absolute Gasteiger partial charge is 0.0683 e. The molecule has 0 aliphatic carbocycles. The van der Waals surface area contributed by atoms with Crippen LogP contribution in [0.2, 0.25) is 0 Å². The predicted molar refractivity (Wildman–Crippen MR) is 102 cm³/mol. The molecule has 0 unspecified atom stereocenters. The Morgan fingerprint density at radius 2 is 0.909 bits per heavy atom. The zero-order valence-corrected chi connectivity index (χ0v) is 13.9. The maximum atomic E-state index is 2.30. The van der Waals surface area contributed by atoms with Crippen LogP contribution in [0.5, 0.6) is 0 Å². The summed E-state index contributed by atoms with van der Waals surface area (Å²) in [6.45, 7) is 8.00. The van der Waals surface area contributed by atoms with Crippen LogP contribution in [-0.2, 0) is 0 Å². The first-order valence-corrected chi connectivity index (χ1v) is 8.22. The fourth-order valence-corrected chi connectivity index (χ4v) is 2.70. The van der Waals surface area contributed by atoms with Gasteiger partial charge in [-0.15, -0.1) is 0 Å². The number of hydrogen-bond acceptors (Lipinski definition) is 0. The number of rotatable bonds is 0. The van der Waals surface area contributed by atoms with Crippen LogP contribution in [0.15, 0.2) is 72.8 Å². The van der Waals surface area contributed by atoms with Gasteiger partial charge in [-0.2, -0.15) is 0 Å². The van der Waals surface area contributed by atoms with Gasteiger partial charge in [-0.05, 0) is 44.5 Å². The van der Waals surface area contributed by atoms with Crippen molar-refractivity contribution in [1.82, 2.24) is 0 Å². The summed E-state index contributed by atoms with van der Waals surface area (Å²) in [5.41, 5.74) is 0. The molecule has 0 aliphatic rings. The summed E-state index contributed by atoms with van der Waals surface area (Å²) in [6, 6.07) is 26.1. The van der Waals surface area contributed by atoms with Gasteiger partial charge in [0, 0.05) is 0 Å². The average molecular weight is 288 g/mol. The normalized spacial score (nSPS) is 9.82. The summed E-state index contributed by atoms with van der Waals surface area (Å²) in [5.74, 6) is 0. The van der Waals surface area contributed by atoms with Crippen molar-refractivity contribution < 1.29 is 0 Å². The molecule has 4 aromatic rings. The molecule has 0 radical (unpaired) electrons. The molecule has 0 heterocycles. The second-order valence-corrected chi connectivity index (χ2v) is 4.71. The molecule has 0 amide bonds. The van der Waals surface area contributed by atoms with Crippen molar-refractivity contribution in [3.63, 3.8) is 0 Å². The summed E-state index contributed by atoms with van der Waals surface area (Å²) in [6.07, 6.45) is 0. The lowest BCUT2D eigenvalue weighted by molar-refractivity contribution is 1.50. The molecule has 0 heteroatoms. The van der Waals surface area contributed by atoms with Gasteiger partial charge in [0.05, 0.1) is 0 Å². The van der Waals surface area contributed by atoms with E-state index in [1.807, 2.05) is 27.7 Å². The zero-order valence-electron chi connectivity index (χ0n) is 13.9. The van der Waals surface area contributed by atoms with Crippen LogP contribution >= 0.6 is 0 Å². The van der Waals surface area contributed by atoms with E-state index in [9.17, 15) is 0 Å². The molecule has 0 aliphatic heterocycles. The highest BCUT2D eigenvalue weighted by Crippen LogP contribution is 2.29. The lowest BCUT2D eigenvalue weighted by atomic mass is 9.98. The minimum absolute atomic E-state index is 1.31. The highest BCUT2D eigenvalue weighted by atomic mass is 14.1. The van der Waals surface area contributed by atoms with Gasteiger partial charge >= 0.3 is 0 Å². The van der Waals surface area contributed by atoms with Crippen molar-refractivity contribution in [1.29, 1.82) is 0 Å². The third kappa shape index (κ3) is 2.96. The van der Waals surface area contributed by atoms with Gasteiger partial charge in [0.25, 0.3) is 0 Å². The molecule has 4 aromatic carbocycles. The quantitative estimate of drug-likeness (QED) is 0.237. The molecule has 112 valence electrons. The van der Waals surface area contributed by atoms with Crippen molar-refractivity contribution >= 4 is 32.3 Å². The predicted octanol–water partition coefficient (Wildman–Crippen LogP) is 7.20. The number of benzene rings is 4. The van der Waals surface area contributed by atoms with Gasteiger partial charge in [-0.25, -0.2) is 0 Å². The maximum Gasteiger partial charge on any atom is -0.00990 e. The summed E-state index contributed by atoms with van der Waals surface area (Å²) in [5, 5.41) is 7.90. The molecular weight excluding hydrogens is 264 g/mol. The highest BCUT2D eigenvalue weighted by molar-refractivity contribution is 6.11. The van der Waals surface area contributed by atoms with Crippen molar-refractivity contribution in [2.45, 2.75) is 27.7 Å². The Morgan fingerprint density at radius 1 is 0.409 bits per heavy atom. The number of hydrogen-bond donors (Lipinski definition) is 0. The van der Waals surface area contributed by atoms with E-state index in [1.165, 1.54) is 32.3 Å². The Hall–Kier alpha value is -2.34. The molecule has 0 N–H and O–H groups in total. The lowest BCUT2D eigenvalue weighted by Crippen LogP contribution is -1.79. The monoisotopic (exact) mass is 288 g/mol. The Bertz CT molecular complexity index is 866. The van der Waals surface area contributed by atoms with Crippen LogP contribution in [0.25, 0.3) is 32.3 Å². The van der Waals surface area contributed by atoms with Crippen LogP contribution in [-0.4, -0.2) is 0 Å². The lowest BCUT2D eigenvalue weighted by Gasteiger charge is -2.06. The first kappa shape index (κ1) is 16.0. The topological polar surface area (TPSA) is 0 Å². The van der Waals surface area contributed by atoms with E-state index in [1.54, 1.807) is 0 Å². The smallest absolute Gasteiger partial charge is 0.00990 e. The summed E-state index contributed by atoms with van der Waals surface area (Å²) >= 11 is 0. The molecule has 0 bridgehead atoms. The molecule has 0 saturated carbocycles. The molecule has 0 saturated heterocycles. The van der Waals surface area contributed by atoms with Crippen LogP contribution in [0.1, 0.15) is 27.7 Å². The molecule has 0 atom stereocenters. The Balaban J connectivity index is 0.000000410. The molecular formula is C22H24. The summed E-state index contributed by atoms with van der Waals surface area (Å²) in [4.78, 5) is 0. The first-order chi connectivity index (χ1) is 10.9. The highest BCUT2D eigenvalue weighted by Gasteiger charge is 2.01. The SMILES string of the molecule is CC.CC.c1ccc2cc3c(ccc4ccccc43)cc2c1. The van der Waals surface area contributed by atoms with Gasteiger partial charge < -0.3 is 0 Å². The van der Waals surface area contributed by atoms with Gasteiger partial charge in [0.2, 0.25) is 0 Å². The standard InChI is InChI=1S/C18H12.2C2H6/c1-2-7-15-12-18-16(11-14(15)6-1)10-9-13-5-3-4-8-17(13)18;2*1-2/h1-12H;2*1-2H3. The fourth-order valence-electron chi connectivity index (χ4n) is 2.70. The van der Waals surface area contributed by atoms with E-state index in [0.29, 0.717) is 0 Å². The van der Waals surface area contributed by atoms with E-state index in [4.69, 9.17) is 0 Å². The van der Waals surface area contributed by atoms with Crippen LogP contribution < -0.4 is 0 Å². The van der Waals surface area contributed by atoms with Crippen molar-refractivity contribution in [2.24, 2.45) is 0 Å². The minimum atomic E-state index is 1.31. The van der Waals surface area contributed by atoms with Crippen molar-refractivity contribution in [3.05, 3.63) is 72.8 Å². The molecule has 22 heavy (non-hydrogen) atoms. The molecule has 0 aromatic heterocycles. The van der Waals surface area contributed by atoms with E-state index in [2.05, 4.69) is 72.8 Å². The molecule has 0 spiro atoms. The molecule has 0 nitrogen and oxygen atoms in total. The van der Waals surface area contributed by atoms with E-state index in [0.717, 1.165) is 0 Å². The van der Waals surface area contributed by atoms with Crippen molar-refractivity contribution in [2.75, 3.05) is 0 Å². The van der Waals surface area contributed by atoms with E-state index in [-0.39, 0.29) is 0 Å². The van der Waals surface area contributed by atoms with Gasteiger partial charge in [0.15, 0.2) is 0 Å². The fraction of sp³-hybridized carbons (Fsp3) is 0.182. The minimum Gasteiger partial charge on any atom is -0.0683 e. The number of fused-ring (bicyclic) bond motifs is 4. The zero-order chi connectivity index (χ0) is 15.9. The Labute approximate surface area is 133 Å². The van der Waals surface area contributed by atoms with Gasteiger partial charge in [0.1, 0.15) is 0 Å². The summed E-state index contributed by atoms with van der Waals surface area (Å²) in [7, 11) is 0. The van der Waals surface area contributed by atoms with Gasteiger partial charge in [-0.1, -0.05) is 88.4 Å². The van der Waals surface area contributed by atoms with E-state index < -0.39 is 0 Å². The third-order valence-electron chi connectivity index (χ3n) is 3.61. The second-order valence-electron chi connectivity index (χ2n) is 4.71. The second kappa shape index (κ2) is 7.61. The van der Waals surface area contributed by atoms with Gasteiger partial charge in [-0.3, -0.25) is 0 Å². The van der Waals surface area contributed by atoms with Crippen LogP contribution in [0.3, 0.4) is 0 Å². The third-order valence-corrected chi connectivity index (χ3v) is 3.61. The maximum absolute atomic E-state index is 2.30. The van der Waals surface area contributed by atoms with E-state index >= 15 is 0 Å². The van der Waals surface area contributed by atoms with Crippen LogP contribution in [0, 0.1) is 0 Å². The molecule has 4 rings (SSSR count).